The first-order chi connectivity index (χ1) is 6.72. The summed E-state index contributed by atoms with van der Waals surface area (Å²) in [5.41, 5.74) is 0. The number of carbonyl (C=O) groups is 1. The van der Waals surface area contributed by atoms with E-state index in [0.29, 0.717) is 0 Å². The molecule has 2 N–H and O–H groups in total. The Hall–Kier alpha value is -0.700. The highest BCUT2D eigenvalue weighted by Crippen LogP contribution is 2.22. The van der Waals surface area contributed by atoms with E-state index in [-0.39, 0.29) is 0 Å². The van der Waals surface area contributed by atoms with Gasteiger partial charge in [-0.3, -0.25) is 4.18 Å². The van der Waals surface area contributed by atoms with E-state index < -0.39 is 40.5 Å². The Balaban J connectivity index is 2.80. The van der Waals surface area contributed by atoms with Gasteiger partial charge in [0.2, 0.25) is 6.10 Å². The van der Waals surface area contributed by atoms with E-state index in [1.807, 2.05) is 0 Å². The highest BCUT2D eigenvalue weighted by atomic mass is 32.2. The van der Waals surface area contributed by atoms with Crippen LogP contribution in [0.1, 0.15) is 6.92 Å². The van der Waals surface area contributed by atoms with Gasteiger partial charge in [-0.05, 0) is 6.92 Å². The molecule has 0 aromatic heterocycles. The Morgan fingerprint density at radius 2 is 2.07 bits per heavy atom. The van der Waals surface area contributed by atoms with Crippen LogP contribution >= 0.6 is 0 Å². The first-order valence-corrected chi connectivity index (χ1v) is 5.99. The number of esters is 1. The van der Waals surface area contributed by atoms with Crippen LogP contribution in [-0.4, -0.2) is 55.3 Å². The first-order valence-electron chi connectivity index (χ1n) is 4.17. The van der Waals surface area contributed by atoms with Crippen LogP contribution < -0.4 is 0 Å². The molecule has 0 spiro atoms. The highest BCUT2D eigenvalue weighted by Gasteiger charge is 2.48. The zero-order chi connectivity index (χ0) is 11.8. The van der Waals surface area contributed by atoms with Gasteiger partial charge in [0, 0.05) is 0 Å². The Morgan fingerprint density at radius 3 is 2.40 bits per heavy atom. The summed E-state index contributed by atoms with van der Waals surface area (Å²) < 4.78 is 30.4. The predicted octanol–water partition coefficient (Wildman–Crippen LogP) is -2.00. The van der Waals surface area contributed by atoms with Crippen LogP contribution in [0.3, 0.4) is 0 Å². The summed E-state index contributed by atoms with van der Waals surface area (Å²) in [6, 6.07) is 0. The Bertz CT molecular complexity index is 346. The van der Waals surface area contributed by atoms with Crippen LogP contribution in [0.5, 0.6) is 0 Å². The summed E-state index contributed by atoms with van der Waals surface area (Å²) in [4.78, 5) is 11.1. The average Bonchev–Trinajstić information content (AvgIpc) is 2.29. The number of aliphatic hydroxyl groups is 2. The van der Waals surface area contributed by atoms with Gasteiger partial charge in [0.25, 0.3) is 10.1 Å². The Labute approximate surface area is 86.7 Å². The van der Waals surface area contributed by atoms with E-state index >= 15 is 0 Å². The van der Waals surface area contributed by atoms with Crippen molar-refractivity contribution < 1.29 is 32.3 Å². The van der Waals surface area contributed by atoms with Crippen molar-refractivity contribution >= 4 is 16.1 Å². The maximum Gasteiger partial charge on any atom is 0.340 e. The third-order valence-corrected chi connectivity index (χ3v) is 2.44. The number of carbonyl (C=O) groups excluding carboxylic acids is 1. The van der Waals surface area contributed by atoms with E-state index in [1.54, 1.807) is 0 Å². The SMILES string of the molecule is C[C@H](O)[C@@H]1OC(=O)[C@H](OS(C)(=O)=O)[C@@H]1O. The van der Waals surface area contributed by atoms with Crippen LogP contribution in [0.2, 0.25) is 0 Å². The van der Waals surface area contributed by atoms with E-state index in [9.17, 15) is 18.3 Å². The topological polar surface area (TPSA) is 110 Å². The van der Waals surface area contributed by atoms with Crippen molar-refractivity contribution in [3.05, 3.63) is 0 Å². The van der Waals surface area contributed by atoms with Crippen molar-refractivity contribution in [1.82, 2.24) is 0 Å². The quantitative estimate of drug-likeness (QED) is 0.433. The zero-order valence-electron chi connectivity index (χ0n) is 8.15. The van der Waals surface area contributed by atoms with E-state index in [0.717, 1.165) is 6.26 Å². The fraction of sp³-hybridized carbons (Fsp3) is 0.857. The van der Waals surface area contributed by atoms with Gasteiger partial charge in [-0.1, -0.05) is 0 Å². The first kappa shape index (κ1) is 12.4. The molecule has 88 valence electrons. The van der Waals surface area contributed by atoms with Crippen LogP contribution in [-0.2, 0) is 23.8 Å². The van der Waals surface area contributed by atoms with Gasteiger partial charge >= 0.3 is 5.97 Å². The van der Waals surface area contributed by atoms with E-state index in [4.69, 9.17) is 5.11 Å². The van der Waals surface area contributed by atoms with Gasteiger partial charge in [0.05, 0.1) is 12.4 Å². The second kappa shape index (κ2) is 4.05. The molecule has 1 saturated heterocycles. The minimum Gasteiger partial charge on any atom is -0.455 e. The second-order valence-electron chi connectivity index (χ2n) is 3.35. The molecule has 1 rings (SSSR count). The molecular formula is C7H12O7S. The summed E-state index contributed by atoms with van der Waals surface area (Å²) in [7, 11) is -3.86. The van der Waals surface area contributed by atoms with Gasteiger partial charge in [0.1, 0.15) is 6.10 Å². The van der Waals surface area contributed by atoms with Gasteiger partial charge in [0.15, 0.2) is 6.10 Å². The molecule has 0 radical (unpaired) electrons. The molecule has 0 bridgehead atoms. The van der Waals surface area contributed by atoms with Crippen molar-refractivity contribution in [2.75, 3.05) is 6.26 Å². The molecule has 15 heavy (non-hydrogen) atoms. The summed E-state index contributed by atoms with van der Waals surface area (Å²) in [5, 5.41) is 18.6. The lowest BCUT2D eigenvalue weighted by molar-refractivity contribution is -0.149. The summed E-state index contributed by atoms with van der Waals surface area (Å²) >= 11 is 0. The van der Waals surface area contributed by atoms with Crippen molar-refractivity contribution in [2.45, 2.75) is 31.3 Å². The van der Waals surface area contributed by atoms with Gasteiger partial charge in [-0.2, -0.15) is 8.42 Å². The molecule has 7 nitrogen and oxygen atoms in total. The number of aliphatic hydroxyl groups excluding tert-OH is 2. The van der Waals surface area contributed by atoms with Crippen LogP contribution in [0, 0.1) is 0 Å². The van der Waals surface area contributed by atoms with Crippen LogP contribution in [0.4, 0.5) is 0 Å². The Kier molecular flexibility index (Phi) is 3.34. The minimum absolute atomic E-state index is 0.753. The molecule has 1 aliphatic heterocycles. The van der Waals surface area contributed by atoms with Crippen molar-refractivity contribution in [3.8, 4) is 0 Å². The molecule has 0 aliphatic carbocycles. The van der Waals surface area contributed by atoms with Crippen molar-refractivity contribution in [3.63, 3.8) is 0 Å². The van der Waals surface area contributed by atoms with Crippen LogP contribution in [0.15, 0.2) is 0 Å². The van der Waals surface area contributed by atoms with E-state index in [1.165, 1.54) is 6.92 Å². The molecule has 0 saturated carbocycles. The molecule has 0 unspecified atom stereocenters. The predicted molar refractivity (Wildman–Crippen MR) is 47.3 cm³/mol. The molecule has 0 aromatic carbocycles. The maximum atomic E-state index is 11.1. The molecule has 4 atom stereocenters. The lowest BCUT2D eigenvalue weighted by atomic mass is 10.1. The molecule has 0 aromatic rings. The zero-order valence-corrected chi connectivity index (χ0v) is 8.97. The minimum atomic E-state index is -3.86. The average molecular weight is 240 g/mol. The van der Waals surface area contributed by atoms with Crippen LogP contribution in [0.25, 0.3) is 0 Å². The van der Waals surface area contributed by atoms with E-state index in [2.05, 4.69) is 8.92 Å². The molecular weight excluding hydrogens is 228 g/mol. The maximum absolute atomic E-state index is 11.1. The number of hydrogen-bond donors (Lipinski definition) is 2. The number of hydrogen-bond acceptors (Lipinski definition) is 7. The second-order valence-corrected chi connectivity index (χ2v) is 4.95. The number of ether oxygens (including phenoxy) is 1. The molecule has 8 heteroatoms. The molecule has 1 fully saturated rings. The molecule has 0 amide bonds. The number of rotatable bonds is 3. The third kappa shape index (κ3) is 2.88. The standard InChI is InChI=1S/C7H12O7S/c1-3(8)5-4(9)6(7(10)13-5)14-15(2,11)12/h3-6,8-9H,1-2H3/t3-,4+,5-,6+/m0/s1. The highest BCUT2D eigenvalue weighted by molar-refractivity contribution is 7.86. The Morgan fingerprint density at radius 1 is 1.53 bits per heavy atom. The molecule has 1 aliphatic rings. The largest absolute Gasteiger partial charge is 0.455 e. The lowest BCUT2D eigenvalue weighted by Crippen LogP contribution is -2.39. The smallest absolute Gasteiger partial charge is 0.340 e. The fourth-order valence-corrected chi connectivity index (χ4v) is 1.82. The summed E-state index contributed by atoms with van der Waals surface area (Å²) in [5.74, 6) is -1.00. The normalized spacial score (nSPS) is 33.9. The van der Waals surface area contributed by atoms with Gasteiger partial charge in [-0.15, -0.1) is 0 Å². The lowest BCUT2D eigenvalue weighted by Gasteiger charge is -2.16. The number of cyclic esters (lactones) is 1. The molecule has 1 heterocycles. The third-order valence-electron chi connectivity index (χ3n) is 1.89. The fourth-order valence-electron chi connectivity index (χ4n) is 1.25. The van der Waals surface area contributed by atoms with Crippen molar-refractivity contribution in [1.29, 1.82) is 0 Å². The summed E-state index contributed by atoms with van der Waals surface area (Å²) in [6.45, 7) is 1.31. The van der Waals surface area contributed by atoms with Gasteiger partial charge < -0.3 is 14.9 Å². The van der Waals surface area contributed by atoms with Gasteiger partial charge in [-0.25, -0.2) is 4.79 Å². The summed E-state index contributed by atoms with van der Waals surface area (Å²) in [6.07, 6.45) is -4.60. The van der Waals surface area contributed by atoms with Crippen molar-refractivity contribution in [2.24, 2.45) is 0 Å². The monoisotopic (exact) mass is 240 g/mol.